The minimum Gasteiger partial charge on any atom is -0.485 e. The zero-order valence-corrected chi connectivity index (χ0v) is 21.5. The standard InChI is InChI=1S/C25H35ClN6O3/c1-25(2,3)35-24(33)32-13-11-31(12-14-32)19-8-6-18(7-9-19)16-30-10-4-5-20(17-30)34-21-15-22(26)28-29-23(21)27/h6-9,15,20H,4-5,10-14,16-17H2,1-3H3,(H2,27,29). The molecule has 0 radical (unpaired) electrons. The molecule has 190 valence electrons. The first-order chi connectivity index (χ1) is 16.7. The summed E-state index contributed by atoms with van der Waals surface area (Å²) in [6.45, 7) is 11.3. The number of piperidine rings is 1. The SMILES string of the molecule is CC(C)(C)OC(=O)N1CCN(c2ccc(CN3CCCC(Oc4cc(Cl)nnc4N)C3)cc2)CC1. The Kier molecular flexibility index (Phi) is 7.86. The number of likely N-dealkylation sites (tertiary alicyclic amines) is 1. The molecule has 1 unspecified atom stereocenters. The van der Waals surface area contributed by atoms with Crippen molar-refractivity contribution in [3.63, 3.8) is 0 Å². The third-order valence-electron chi connectivity index (χ3n) is 6.15. The molecule has 1 amide bonds. The number of hydrogen-bond acceptors (Lipinski definition) is 8. The molecule has 10 heteroatoms. The predicted molar refractivity (Wildman–Crippen MR) is 137 cm³/mol. The largest absolute Gasteiger partial charge is 0.485 e. The highest BCUT2D eigenvalue weighted by molar-refractivity contribution is 6.29. The van der Waals surface area contributed by atoms with Crippen LogP contribution in [0, 0.1) is 0 Å². The maximum atomic E-state index is 12.3. The molecule has 0 saturated carbocycles. The van der Waals surface area contributed by atoms with E-state index in [0.717, 1.165) is 45.6 Å². The van der Waals surface area contributed by atoms with E-state index in [1.165, 1.54) is 11.3 Å². The Morgan fingerprint density at radius 3 is 2.51 bits per heavy atom. The Morgan fingerprint density at radius 1 is 1.11 bits per heavy atom. The average molecular weight is 503 g/mol. The number of rotatable bonds is 5. The van der Waals surface area contributed by atoms with Crippen LogP contribution in [0.25, 0.3) is 0 Å². The fraction of sp³-hybridized carbons (Fsp3) is 0.560. The zero-order valence-electron chi connectivity index (χ0n) is 20.7. The second-order valence-electron chi connectivity index (χ2n) is 10.2. The lowest BCUT2D eigenvalue weighted by Gasteiger charge is -2.37. The van der Waals surface area contributed by atoms with Gasteiger partial charge in [0.1, 0.15) is 11.7 Å². The number of carbonyl (C=O) groups excluding carboxylic acids is 1. The molecule has 0 aliphatic carbocycles. The molecule has 2 fully saturated rings. The molecule has 0 bridgehead atoms. The van der Waals surface area contributed by atoms with Gasteiger partial charge in [0.15, 0.2) is 16.7 Å². The first-order valence-corrected chi connectivity index (χ1v) is 12.5. The van der Waals surface area contributed by atoms with Crippen LogP contribution in [0.4, 0.5) is 16.3 Å². The fourth-order valence-electron chi connectivity index (χ4n) is 4.43. The quantitative estimate of drug-likeness (QED) is 0.659. The average Bonchev–Trinajstić information content (AvgIpc) is 2.81. The molecule has 3 heterocycles. The molecule has 0 spiro atoms. The van der Waals surface area contributed by atoms with E-state index in [0.29, 0.717) is 18.8 Å². The Bertz CT molecular complexity index is 1010. The predicted octanol–water partition coefficient (Wildman–Crippen LogP) is 3.81. The van der Waals surface area contributed by atoms with Crippen LogP contribution in [0.1, 0.15) is 39.2 Å². The number of hydrogen-bond donors (Lipinski definition) is 1. The minimum absolute atomic E-state index is 0.0341. The Hall–Kier alpha value is -2.78. The second kappa shape index (κ2) is 10.9. The number of piperazine rings is 1. The maximum Gasteiger partial charge on any atom is 0.410 e. The number of nitrogens with zero attached hydrogens (tertiary/aromatic N) is 5. The van der Waals surface area contributed by atoms with Crippen LogP contribution >= 0.6 is 11.6 Å². The highest BCUT2D eigenvalue weighted by atomic mass is 35.5. The molecule has 2 saturated heterocycles. The van der Waals surface area contributed by atoms with Gasteiger partial charge in [0.25, 0.3) is 0 Å². The maximum absolute atomic E-state index is 12.3. The van der Waals surface area contributed by atoms with Crippen molar-refractivity contribution >= 4 is 29.2 Å². The summed E-state index contributed by atoms with van der Waals surface area (Å²) in [5, 5.41) is 7.85. The lowest BCUT2D eigenvalue weighted by atomic mass is 10.1. The van der Waals surface area contributed by atoms with Crippen molar-refractivity contribution in [2.24, 2.45) is 0 Å². The van der Waals surface area contributed by atoms with Crippen molar-refractivity contribution in [1.29, 1.82) is 0 Å². The van der Waals surface area contributed by atoms with Gasteiger partial charge < -0.3 is 25.0 Å². The third kappa shape index (κ3) is 7.11. The number of nitrogen functional groups attached to an aromatic ring is 1. The van der Waals surface area contributed by atoms with Crippen LogP contribution < -0.4 is 15.4 Å². The number of halogens is 1. The van der Waals surface area contributed by atoms with Crippen LogP contribution in [0.2, 0.25) is 5.15 Å². The van der Waals surface area contributed by atoms with Crippen molar-refractivity contribution in [3.05, 3.63) is 41.0 Å². The van der Waals surface area contributed by atoms with Crippen molar-refractivity contribution in [3.8, 4) is 5.75 Å². The summed E-state index contributed by atoms with van der Waals surface area (Å²) in [5.74, 6) is 0.752. The van der Waals surface area contributed by atoms with Gasteiger partial charge >= 0.3 is 6.09 Å². The Labute approximate surface area is 212 Å². The summed E-state index contributed by atoms with van der Waals surface area (Å²) < 4.78 is 11.6. The van der Waals surface area contributed by atoms with Gasteiger partial charge in [0, 0.05) is 51.0 Å². The van der Waals surface area contributed by atoms with Crippen LogP contribution in [-0.2, 0) is 11.3 Å². The third-order valence-corrected chi connectivity index (χ3v) is 6.34. The van der Waals surface area contributed by atoms with E-state index in [2.05, 4.69) is 44.3 Å². The minimum atomic E-state index is -0.470. The number of amides is 1. The Morgan fingerprint density at radius 2 is 1.83 bits per heavy atom. The second-order valence-corrected chi connectivity index (χ2v) is 10.5. The van der Waals surface area contributed by atoms with E-state index in [9.17, 15) is 4.79 Å². The molecule has 2 N–H and O–H groups in total. The van der Waals surface area contributed by atoms with Crippen LogP contribution in [0.3, 0.4) is 0 Å². The van der Waals surface area contributed by atoms with E-state index in [1.54, 1.807) is 11.0 Å². The van der Waals surface area contributed by atoms with Crippen LogP contribution in [0.5, 0.6) is 5.75 Å². The van der Waals surface area contributed by atoms with Gasteiger partial charge in [-0.15, -0.1) is 10.2 Å². The van der Waals surface area contributed by atoms with Crippen molar-refractivity contribution in [1.82, 2.24) is 20.0 Å². The van der Waals surface area contributed by atoms with E-state index in [-0.39, 0.29) is 23.2 Å². The van der Waals surface area contributed by atoms with E-state index in [4.69, 9.17) is 26.8 Å². The van der Waals surface area contributed by atoms with Gasteiger partial charge in [0.05, 0.1) is 0 Å². The zero-order chi connectivity index (χ0) is 25.0. The Balaban J connectivity index is 1.27. The van der Waals surface area contributed by atoms with Gasteiger partial charge in [-0.1, -0.05) is 23.7 Å². The molecular weight excluding hydrogens is 468 g/mol. The molecule has 2 aliphatic heterocycles. The molecule has 1 aromatic carbocycles. The monoisotopic (exact) mass is 502 g/mol. The highest BCUT2D eigenvalue weighted by Crippen LogP contribution is 2.26. The lowest BCUT2D eigenvalue weighted by molar-refractivity contribution is 0.0240. The van der Waals surface area contributed by atoms with Crippen LogP contribution in [-0.4, -0.2) is 77.1 Å². The lowest BCUT2D eigenvalue weighted by Crippen LogP contribution is -2.50. The molecule has 1 atom stereocenters. The molecule has 1 aromatic heterocycles. The first-order valence-electron chi connectivity index (χ1n) is 12.2. The molecule has 2 aliphatic rings. The summed E-state index contributed by atoms with van der Waals surface area (Å²) in [6.07, 6.45) is 1.81. The first kappa shape index (κ1) is 25.3. The number of anilines is 2. The van der Waals surface area contributed by atoms with Gasteiger partial charge in [0.2, 0.25) is 0 Å². The van der Waals surface area contributed by atoms with Crippen molar-refractivity contribution < 1.29 is 14.3 Å². The number of carbonyl (C=O) groups is 1. The van der Waals surface area contributed by atoms with Gasteiger partial charge in [-0.25, -0.2) is 4.79 Å². The molecule has 35 heavy (non-hydrogen) atoms. The molecule has 2 aromatic rings. The number of aromatic nitrogens is 2. The number of benzene rings is 1. The van der Waals surface area contributed by atoms with Crippen molar-refractivity contribution in [2.45, 2.75) is 51.9 Å². The summed E-state index contributed by atoms with van der Waals surface area (Å²) in [5.41, 5.74) is 7.85. The smallest absolute Gasteiger partial charge is 0.410 e. The number of nitrogens with two attached hydrogens (primary N) is 1. The summed E-state index contributed by atoms with van der Waals surface area (Å²) in [7, 11) is 0. The normalized spacial score (nSPS) is 19.5. The molecule has 4 rings (SSSR count). The number of ether oxygens (including phenoxy) is 2. The highest BCUT2D eigenvalue weighted by Gasteiger charge is 2.26. The fourth-order valence-corrected chi connectivity index (χ4v) is 4.57. The van der Waals surface area contributed by atoms with Crippen molar-refractivity contribution in [2.75, 3.05) is 49.9 Å². The van der Waals surface area contributed by atoms with Crippen LogP contribution in [0.15, 0.2) is 30.3 Å². The summed E-state index contributed by atoms with van der Waals surface area (Å²) >= 11 is 5.94. The summed E-state index contributed by atoms with van der Waals surface area (Å²) in [4.78, 5) is 18.8. The topological polar surface area (TPSA) is 97.0 Å². The summed E-state index contributed by atoms with van der Waals surface area (Å²) in [6, 6.07) is 10.3. The van der Waals surface area contributed by atoms with E-state index < -0.39 is 5.60 Å². The van der Waals surface area contributed by atoms with Gasteiger partial charge in [-0.05, 0) is 57.9 Å². The molecular formula is C25H35ClN6O3. The van der Waals surface area contributed by atoms with E-state index >= 15 is 0 Å². The molecule has 9 nitrogen and oxygen atoms in total. The van der Waals surface area contributed by atoms with Gasteiger partial charge in [-0.2, -0.15) is 0 Å². The van der Waals surface area contributed by atoms with E-state index in [1.807, 2.05) is 20.8 Å². The van der Waals surface area contributed by atoms with Gasteiger partial charge in [-0.3, -0.25) is 4.90 Å².